The first-order chi connectivity index (χ1) is 15.8. The Labute approximate surface area is 188 Å². The number of aromatic nitrogens is 5. The largest absolute Gasteiger partial charge is 0.573 e. The summed E-state index contributed by atoms with van der Waals surface area (Å²) in [6, 6.07) is 7.12. The van der Waals surface area contributed by atoms with Crippen LogP contribution in [-0.2, 0) is 6.42 Å². The molecule has 12 heteroatoms. The first-order valence-electron chi connectivity index (χ1n) is 10.4. The SMILES string of the molecule is CCc1nc(Nc2nccc(-c3ccc(OC(F)(F)F)cc3)n2)nc(N2CCN(C)CC2)n1. The highest BCUT2D eigenvalue weighted by Gasteiger charge is 2.31. The zero-order chi connectivity index (χ0) is 23.4. The average Bonchev–Trinajstić information content (AvgIpc) is 2.79. The summed E-state index contributed by atoms with van der Waals surface area (Å²) >= 11 is 0. The minimum absolute atomic E-state index is 0.265. The molecule has 0 unspecified atom stereocenters. The summed E-state index contributed by atoms with van der Waals surface area (Å²) in [5, 5.41) is 3.02. The van der Waals surface area contributed by atoms with E-state index < -0.39 is 6.36 Å². The van der Waals surface area contributed by atoms with Gasteiger partial charge in [0, 0.05) is 44.4 Å². The van der Waals surface area contributed by atoms with Crippen molar-refractivity contribution >= 4 is 17.8 Å². The molecule has 4 rings (SSSR count). The standard InChI is InChI=1S/C21H23F3N8O/c1-3-17-27-19(30-20(28-17)32-12-10-31(2)11-13-32)29-18-25-9-8-16(26-18)14-4-6-15(7-5-14)33-21(22,23)24/h4-9H,3,10-13H2,1-2H3,(H,25,26,27,28,29,30). The van der Waals surface area contributed by atoms with E-state index in [1.54, 1.807) is 12.3 Å². The van der Waals surface area contributed by atoms with Crippen LogP contribution in [0.4, 0.5) is 31.0 Å². The second-order valence-electron chi connectivity index (χ2n) is 7.48. The van der Waals surface area contributed by atoms with Crippen molar-refractivity contribution in [3.05, 3.63) is 42.4 Å². The van der Waals surface area contributed by atoms with Crippen LogP contribution < -0.4 is 15.0 Å². The number of alkyl halides is 3. The first-order valence-corrected chi connectivity index (χ1v) is 10.4. The van der Waals surface area contributed by atoms with Gasteiger partial charge in [-0.25, -0.2) is 9.97 Å². The predicted molar refractivity (Wildman–Crippen MR) is 116 cm³/mol. The quantitative estimate of drug-likeness (QED) is 0.595. The third-order valence-corrected chi connectivity index (χ3v) is 5.04. The van der Waals surface area contributed by atoms with Crippen LogP contribution in [-0.4, -0.2) is 69.4 Å². The first kappa shape index (κ1) is 22.6. The molecule has 1 fully saturated rings. The summed E-state index contributed by atoms with van der Waals surface area (Å²) in [5.41, 5.74) is 1.13. The van der Waals surface area contributed by atoms with E-state index in [4.69, 9.17) is 0 Å². The van der Waals surface area contributed by atoms with Gasteiger partial charge in [0.25, 0.3) is 0 Å². The maximum Gasteiger partial charge on any atom is 0.573 e. The number of halogens is 3. The molecule has 2 aromatic heterocycles. The molecule has 174 valence electrons. The van der Waals surface area contributed by atoms with Crippen LogP contribution in [0.2, 0.25) is 0 Å². The molecule has 33 heavy (non-hydrogen) atoms. The minimum Gasteiger partial charge on any atom is -0.406 e. The Morgan fingerprint density at radius 3 is 2.33 bits per heavy atom. The maximum absolute atomic E-state index is 12.4. The van der Waals surface area contributed by atoms with E-state index in [1.807, 2.05) is 6.92 Å². The number of ether oxygens (including phenoxy) is 1. The normalized spacial score (nSPS) is 14.9. The fourth-order valence-electron chi connectivity index (χ4n) is 3.28. The Morgan fingerprint density at radius 1 is 0.939 bits per heavy atom. The van der Waals surface area contributed by atoms with E-state index in [0.29, 0.717) is 35.4 Å². The highest BCUT2D eigenvalue weighted by Crippen LogP contribution is 2.26. The summed E-state index contributed by atoms with van der Waals surface area (Å²) in [7, 11) is 2.08. The van der Waals surface area contributed by atoms with E-state index >= 15 is 0 Å². The molecular formula is C21H23F3N8O. The number of piperazine rings is 1. The van der Waals surface area contributed by atoms with E-state index in [1.165, 1.54) is 24.3 Å². The molecule has 3 aromatic rings. The van der Waals surface area contributed by atoms with Gasteiger partial charge in [0.05, 0.1) is 5.69 Å². The van der Waals surface area contributed by atoms with Crippen molar-refractivity contribution in [2.45, 2.75) is 19.7 Å². The lowest BCUT2D eigenvalue weighted by Gasteiger charge is -2.32. The highest BCUT2D eigenvalue weighted by atomic mass is 19.4. The van der Waals surface area contributed by atoms with E-state index in [9.17, 15) is 13.2 Å². The monoisotopic (exact) mass is 460 g/mol. The smallest absolute Gasteiger partial charge is 0.406 e. The highest BCUT2D eigenvalue weighted by molar-refractivity contribution is 5.61. The Kier molecular flexibility index (Phi) is 6.54. The second kappa shape index (κ2) is 9.53. The molecule has 0 radical (unpaired) electrons. The van der Waals surface area contributed by atoms with Gasteiger partial charge in [0.2, 0.25) is 17.8 Å². The zero-order valence-electron chi connectivity index (χ0n) is 18.2. The van der Waals surface area contributed by atoms with Gasteiger partial charge in [0.1, 0.15) is 11.6 Å². The van der Waals surface area contributed by atoms with Gasteiger partial charge in [-0.15, -0.1) is 13.2 Å². The second-order valence-corrected chi connectivity index (χ2v) is 7.48. The molecule has 0 spiro atoms. The van der Waals surface area contributed by atoms with Crippen molar-refractivity contribution in [2.24, 2.45) is 0 Å². The molecule has 1 saturated heterocycles. The van der Waals surface area contributed by atoms with Gasteiger partial charge in [-0.05, 0) is 37.4 Å². The summed E-state index contributed by atoms with van der Waals surface area (Å²) in [6.07, 6.45) is -2.54. The molecule has 0 bridgehead atoms. The van der Waals surface area contributed by atoms with Crippen LogP contribution in [0.3, 0.4) is 0 Å². The van der Waals surface area contributed by atoms with Crippen molar-refractivity contribution in [2.75, 3.05) is 43.4 Å². The molecule has 1 aliphatic heterocycles. The van der Waals surface area contributed by atoms with Crippen molar-refractivity contribution in [3.63, 3.8) is 0 Å². The van der Waals surface area contributed by atoms with E-state index in [0.717, 1.165) is 26.2 Å². The van der Waals surface area contributed by atoms with Gasteiger partial charge in [-0.2, -0.15) is 15.0 Å². The van der Waals surface area contributed by atoms with Crippen LogP contribution in [0.25, 0.3) is 11.3 Å². The number of anilines is 3. The van der Waals surface area contributed by atoms with Crippen molar-refractivity contribution < 1.29 is 17.9 Å². The lowest BCUT2D eigenvalue weighted by Crippen LogP contribution is -2.45. The number of hydrogen-bond donors (Lipinski definition) is 1. The van der Waals surface area contributed by atoms with Crippen LogP contribution in [0.5, 0.6) is 5.75 Å². The molecule has 0 saturated carbocycles. The number of likely N-dealkylation sites (N-methyl/N-ethyl adjacent to an activating group) is 1. The summed E-state index contributed by atoms with van der Waals surface area (Å²) < 4.78 is 41.0. The van der Waals surface area contributed by atoms with Crippen molar-refractivity contribution in [3.8, 4) is 17.0 Å². The molecule has 0 aliphatic carbocycles. The lowest BCUT2D eigenvalue weighted by atomic mass is 10.1. The van der Waals surface area contributed by atoms with Gasteiger partial charge >= 0.3 is 6.36 Å². The van der Waals surface area contributed by atoms with Crippen LogP contribution >= 0.6 is 0 Å². The van der Waals surface area contributed by atoms with Gasteiger partial charge in [-0.1, -0.05) is 6.92 Å². The molecule has 1 aromatic carbocycles. The molecule has 0 atom stereocenters. The van der Waals surface area contributed by atoms with Crippen LogP contribution in [0, 0.1) is 0 Å². The van der Waals surface area contributed by atoms with Crippen LogP contribution in [0.15, 0.2) is 36.5 Å². The number of nitrogens with one attached hydrogen (secondary N) is 1. The van der Waals surface area contributed by atoms with Gasteiger partial charge < -0.3 is 14.5 Å². The zero-order valence-corrected chi connectivity index (χ0v) is 18.2. The van der Waals surface area contributed by atoms with Crippen molar-refractivity contribution in [1.82, 2.24) is 29.8 Å². The predicted octanol–water partition coefficient (Wildman–Crippen LogP) is 3.29. The van der Waals surface area contributed by atoms with Gasteiger partial charge in [0.15, 0.2) is 0 Å². The summed E-state index contributed by atoms with van der Waals surface area (Å²) in [5.74, 6) is 1.56. The number of aryl methyl sites for hydroxylation is 1. The average molecular weight is 460 g/mol. The topological polar surface area (TPSA) is 92.2 Å². The fourth-order valence-corrected chi connectivity index (χ4v) is 3.28. The Morgan fingerprint density at radius 2 is 1.67 bits per heavy atom. The minimum atomic E-state index is -4.74. The molecule has 0 amide bonds. The van der Waals surface area contributed by atoms with Gasteiger partial charge in [-0.3, -0.25) is 5.32 Å². The van der Waals surface area contributed by atoms with Crippen LogP contribution in [0.1, 0.15) is 12.7 Å². The molecule has 9 nitrogen and oxygen atoms in total. The molecule has 1 N–H and O–H groups in total. The third-order valence-electron chi connectivity index (χ3n) is 5.04. The summed E-state index contributed by atoms with van der Waals surface area (Å²) in [6.45, 7) is 5.46. The third kappa shape index (κ3) is 6.04. The Hall–Kier alpha value is -3.54. The number of hydrogen-bond acceptors (Lipinski definition) is 9. The molecule has 3 heterocycles. The lowest BCUT2D eigenvalue weighted by molar-refractivity contribution is -0.274. The number of rotatable bonds is 6. The Balaban J connectivity index is 1.53. The molecular weight excluding hydrogens is 437 g/mol. The van der Waals surface area contributed by atoms with E-state index in [-0.39, 0.29) is 11.7 Å². The number of benzene rings is 1. The summed E-state index contributed by atoms with van der Waals surface area (Å²) in [4.78, 5) is 26.6. The van der Waals surface area contributed by atoms with E-state index in [2.05, 4.69) is 51.8 Å². The number of nitrogens with zero attached hydrogens (tertiary/aromatic N) is 7. The maximum atomic E-state index is 12.4. The Bertz CT molecular complexity index is 1090. The van der Waals surface area contributed by atoms with Crippen molar-refractivity contribution in [1.29, 1.82) is 0 Å². The fraction of sp³-hybridized carbons (Fsp3) is 0.381. The molecule has 1 aliphatic rings.